The van der Waals surface area contributed by atoms with Crippen LogP contribution < -0.4 is 9.80 Å². The zero-order chi connectivity index (χ0) is 18.2. The van der Waals surface area contributed by atoms with Crippen molar-refractivity contribution in [3.63, 3.8) is 0 Å². The number of hydrogen-bond acceptors (Lipinski definition) is 6. The van der Waals surface area contributed by atoms with E-state index < -0.39 is 0 Å². The molecular formula is C21H34N6. The Kier molecular flexibility index (Phi) is 4.94. The van der Waals surface area contributed by atoms with Crippen LogP contribution in [0.5, 0.6) is 0 Å². The Labute approximate surface area is 163 Å². The van der Waals surface area contributed by atoms with Crippen molar-refractivity contribution >= 4 is 11.8 Å². The third kappa shape index (κ3) is 3.54. The van der Waals surface area contributed by atoms with Crippen LogP contribution in [-0.4, -0.2) is 84.2 Å². The summed E-state index contributed by atoms with van der Waals surface area (Å²) in [6, 6.07) is 1.42. The molecule has 0 spiro atoms. The molecule has 0 saturated carbocycles. The van der Waals surface area contributed by atoms with Crippen molar-refractivity contribution in [1.29, 1.82) is 0 Å². The molecule has 6 nitrogen and oxygen atoms in total. The van der Waals surface area contributed by atoms with Gasteiger partial charge in [0.25, 0.3) is 0 Å². The number of anilines is 2. The van der Waals surface area contributed by atoms with Crippen molar-refractivity contribution < 1.29 is 0 Å². The topological polar surface area (TPSA) is 38.7 Å². The van der Waals surface area contributed by atoms with E-state index in [0.717, 1.165) is 38.2 Å². The van der Waals surface area contributed by atoms with Crippen molar-refractivity contribution in [2.45, 2.75) is 57.5 Å². The molecule has 27 heavy (non-hydrogen) atoms. The highest BCUT2D eigenvalue weighted by Gasteiger charge is 2.33. The van der Waals surface area contributed by atoms with Crippen molar-refractivity contribution in [2.75, 3.05) is 62.2 Å². The maximum atomic E-state index is 5.06. The maximum Gasteiger partial charge on any atom is 0.227 e. The van der Waals surface area contributed by atoms with Gasteiger partial charge in [0.05, 0.1) is 0 Å². The van der Waals surface area contributed by atoms with E-state index >= 15 is 0 Å². The molecule has 0 radical (unpaired) electrons. The number of aryl methyl sites for hydroxylation is 1. The number of hydrogen-bond donors (Lipinski definition) is 0. The Morgan fingerprint density at radius 1 is 0.778 bits per heavy atom. The summed E-state index contributed by atoms with van der Waals surface area (Å²) in [6.07, 6.45) is 10.1. The third-order valence-corrected chi connectivity index (χ3v) is 7.16. The van der Waals surface area contributed by atoms with Crippen LogP contribution in [-0.2, 0) is 0 Å². The maximum absolute atomic E-state index is 5.06. The highest BCUT2D eigenvalue weighted by atomic mass is 15.3. The lowest BCUT2D eigenvalue weighted by Gasteiger charge is -2.26. The van der Waals surface area contributed by atoms with E-state index in [0.29, 0.717) is 6.04 Å². The fraction of sp³-hybridized carbons (Fsp3) is 0.810. The highest BCUT2D eigenvalue weighted by molar-refractivity contribution is 5.51. The van der Waals surface area contributed by atoms with Gasteiger partial charge >= 0.3 is 0 Å². The molecule has 0 bridgehead atoms. The predicted molar refractivity (Wildman–Crippen MR) is 110 cm³/mol. The molecular weight excluding hydrogens is 336 g/mol. The Bertz CT molecular complexity index is 652. The summed E-state index contributed by atoms with van der Waals surface area (Å²) >= 11 is 0. The van der Waals surface area contributed by atoms with Crippen LogP contribution in [0.3, 0.4) is 0 Å². The van der Waals surface area contributed by atoms with Gasteiger partial charge in [-0.3, -0.25) is 9.80 Å². The number of likely N-dealkylation sites (tertiary alicyclic amines) is 2. The summed E-state index contributed by atoms with van der Waals surface area (Å²) in [5.41, 5.74) is 1.22. The van der Waals surface area contributed by atoms with E-state index in [1.807, 2.05) is 6.20 Å². The summed E-state index contributed by atoms with van der Waals surface area (Å²) in [5.74, 6) is 2.12. The molecule has 0 amide bonds. The van der Waals surface area contributed by atoms with Gasteiger partial charge in [-0.25, -0.2) is 4.98 Å². The zero-order valence-electron chi connectivity index (χ0n) is 16.8. The molecule has 5 rings (SSSR count). The molecule has 0 N–H and O–H groups in total. The van der Waals surface area contributed by atoms with Gasteiger partial charge in [0.15, 0.2) is 0 Å². The van der Waals surface area contributed by atoms with Crippen LogP contribution in [0, 0.1) is 6.92 Å². The van der Waals surface area contributed by atoms with E-state index in [-0.39, 0.29) is 0 Å². The van der Waals surface area contributed by atoms with Crippen molar-refractivity contribution in [2.24, 2.45) is 0 Å². The fourth-order valence-electron chi connectivity index (χ4n) is 5.56. The molecule has 1 aromatic rings. The lowest BCUT2D eigenvalue weighted by Crippen LogP contribution is -2.36. The molecule has 4 fully saturated rings. The number of aromatic nitrogens is 2. The van der Waals surface area contributed by atoms with Gasteiger partial charge in [-0.2, -0.15) is 4.98 Å². The third-order valence-electron chi connectivity index (χ3n) is 7.16. The lowest BCUT2D eigenvalue weighted by molar-refractivity contribution is 0.260. The summed E-state index contributed by atoms with van der Waals surface area (Å²) in [7, 11) is 0. The second-order valence-electron chi connectivity index (χ2n) is 8.94. The second kappa shape index (κ2) is 7.55. The summed E-state index contributed by atoms with van der Waals surface area (Å²) in [5, 5.41) is 0. The fourth-order valence-corrected chi connectivity index (χ4v) is 5.56. The molecule has 4 aliphatic heterocycles. The first-order valence-electron chi connectivity index (χ1n) is 11.1. The molecule has 1 aromatic heterocycles. The van der Waals surface area contributed by atoms with Gasteiger partial charge in [0.2, 0.25) is 5.95 Å². The van der Waals surface area contributed by atoms with E-state index in [2.05, 4.69) is 26.5 Å². The summed E-state index contributed by atoms with van der Waals surface area (Å²) in [4.78, 5) is 20.1. The SMILES string of the molecule is Cc1cnc(N2CCC(N3CCCC3)C2)nc1N1CCC(N2CCCC2)C1. The van der Waals surface area contributed by atoms with Gasteiger partial charge < -0.3 is 9.80 Å². The van der Waals surface area contributed by atoms with Gasteiger partial charge in [0, 0.05) is 50.0 Å². The molecule has 6 heteroatoms. The smallest absolute Gasteiger partial charge is 0.227 e. The average molecular weight is 371 g/mol. The minimum Gasteiger partial charge on any atom is -0.355 e. The van der Waals surface area contributed by atoms with Gasteiger partial charge in [-0.15, -0.1) is 0 Å². The first kappa shape index (κ1) is 17.7. The van der Waals surface area contributed by atoms with Crippen LogP contribution in [0.1, 0.15) is 44.1 Å². The Balaban J connectivity index is 1.27. The summed E-state index contributed by atoms with van der Waals surface area (Å²) in [6.45, 7) is 11.8. The first-order valence-corrected chi connectivity index (χ1v) is 11.1. The number of nitrogens with zero attached hydrogens (tertiary/aromatic N) is 6. The largest absolute Gasteiger partial charge is 0.355 e. The molecule has 0 aromatic carbocycles. The van der Waals surface area contributed by atoms with Crippen LogP contribution in [0.25, 0.3) is 0 Å². The first-order chi connectivity index (χ1) is 13.3. The molecule has 2 unspecified atom stereocenters. The Morgan fingerprint density at radius 3 is 1.96 bits per heavy atom. The highest BCUT2D eigenvalue weighted by Crippen LogP contribution is 2.29. The Morgan fingerprint density at radius 2 is 1.33 bits per heavy atom. The van der Waals surface area contributed by atoms with Crippen LogP contribution in [0.4, 0.5) is 11.8 Å². The minimum absolute atomic E-state index is 0.701. The van der Waals surface area contributed by atoms with E-state index in [1.54, 1.807) is 0 Å². The van der Waals surface area contributed by atoms with E-state index in [9.17, 15) is 0 Å². The Hall–Kier alpha value is -1.40. The standard InChI is InChI=1S/C21H34N6/c1-17-14-22-21(27-13-7-19(16-27)25-10-4-5-11-25)23-20(17)26-12-6-18(15-26)24-8-2-3-9-24/h14,18-19H,2-13,15-16H2,1H3. The summed E-state index contributed by atoms with van der Waals surface area (Å²) < 4.78 is 0. The van der Waals surface area contributed by atoms with E-state index in [1.165, 1.54) is 76.1 Å². The molecule has 4 saturated heterocycles. The quantitative estimate of drug-likeness (QED) is 0.809. The van der Waals surface area contributed by atoms with Crippen LogP contribution >= 0.6 is 0 Å². The molecule has 2 atom stereocenters. The minimum atomic E-state index is 0.701. The molecule has 5 heterocycles. The van der Waals surface area contributed by atoms with E-state index in [4.69, 9.17) is 9.97 Å². The second-order valence-corrected chi connectivity index (χ2v) is 8.94. The van der Waals surface area contributed by atoms with Gasteiger partial charge in [-0.05, 0) is 71.6 Å². The number of rotatable bonds is 4. The molecule has 148 valence electrons. The van der Waals surface area contributed by atoms with Crippen LogP contribution in [0.2, 0.25) is 0 Å². The molecule has 4 aliphatic rings. The predicted octanol–water partition coefficient (Wildman–Crippen LogP) is 2.13. The average Bonchev–Trinajstić information content (AvgIpc) is 3.50. The van der Waals surface area contributed by atoms with Crippen molar-refractivity contribution in [3.8, 4) is 0 Å². The van der Waals surface area contributed by atoms with Gasteiger partial charge in [-0.1, -0.05) is 0 Å². The lowest BCUT2D eigenvalue weighted by atomic mass is 10.2. The normalized spacial score (nSPS) is 30.1. The molecule has 0 aliphatic carbocycles. The van der Waals surface area contributed by atoms with Crippen molar-refractivity contribution in [1.82, 2.24) is 19.8 Å². The van der Waals surface area contributed by atoms with Crippen molar-refractivity contribution in [3.05, 3.63) is 11.8 Å². The van der Waals surface area contributed by atoms with Crippen LogP contribution in [0.15, 0.2) is 6.20 Å². The van der Waals surface area contributed by atoms with Gasteiger partial charge in [0.1, 0.15) is 5.82 Å². The monoisotopic (exact) mass is 370 g/mol. The zero-order valence-corrected chi connectivity index (χ0v) is 16.8.